The SMILES string of the molecule is Cc1ccc(/C=N\n2c(-c3ccccc3Br)n[nH]c2=S)c(C)c1. The van der Waals surface area contributed by atoms with Gasteiger partial charge in [-0.1, -0.05) is 51.8 Å². The molecule has 4 nitrogen and oxygen atoms in total. The molecule has 0 atom stereocenters. The highest BCUT2D eigenvalue weighted by Gasteiger charge is 2.10. The Morgan fingerprint density at radius 3 is 2.74 bits per heavy atom. The first-order valence-electron chi connectivity index (χ1n) is 7.10. The van der Waals surface area contributed by atoms with Crippen molar-refractivity contribution < 1.29 is 0 Å². The molecule has 116 valence electrons. The highest BCUT2D eigenvalue weighted by Crippen LogP contribution is 2.26. The highest BCUT2D eigenvalue weighted by molar-refractivity contribution is 9.10. The van der Waals surface area contributed by atoms with Gasteiger partial charge in [0.05, 0.1) is 6.21 Å². The van der Waals surface area contributed by atoms with Gasteiger partial charge in [0.1, 0.15) is 0 Å². The van der Waals surface area contributed by atoms with Gasteiger partial charge in [0.2, 0.25) is 4.77 Å². The van der Waals surface area contributed by atoms with Gasteiger partial charge in [-0.2, -0.15) is 14.9 Å². The monoisotopic (exact) mass is 386 g/mol. The van der Waals surface area contributed by atoms with Gasteiger partial charge in [0, 0.05) is 10.0 Å². The molecule has 0 aliphatic heterocycles. The lowest BCUT2D eigenvalue weighted by Gasteiger charge is -2.04. The summed E-state index contributed by atoms with van der Waals surface area (Å²) in [6.07, 6.45) is 1.81. The molecule has 0 amide bonds. The van der Waals surface area contributed by atoms with Crippen molar-refractivity contribution in [2.45, 2.75) is 13.8 Å². The van der Waals surface area contributed by atoms with Crippen LogP contribution in [-0.4, -0.2) is 21.1 Å². The lowest BCUT2D eigenvalue weighted by Crippen LogP contribution is -1.96. The molecule has 1 aromatic heterocycles. The van der Waals surface area contributed by atoms with Crippen LogP contribution in [0.3, 0.4) is 0 Å². The quantitative estimate of drug-likeness (QED) is 0.515. The molecule has 3 rings (SSSR count). The van der Waals surface area contributed by atoms with E-state index in [1.165, 1.54) is 11.1 Å². The van der Waals surface area contributed by atoms with E-state index in [2.05, 4.69) is 63.3 Å². The third-order valence-corrected chi connectivity index (χ3v) is 4.46. The molecule has 0 saturated heterocycles. The van der Waals surface area contributed by atoms with Gasteiger partial charge in [-0.25, -0.2) is 5.10 Å². The first-order chi connectivity index (χ1) is 11.1. The average Bonchev–Trinajstić information content (AvgIpc) is 2.88. The van der Waals surface area contributed by atoms with E-state index in [1.807, 2.05) is 24.3 Å². The maximum atomic E-state index is 5.30. The minimum Gasteiger partial charge on any atom is -0.250 e. The molecule has 0 aliphatic carbocycles. The Labute approximate surface area is 148 Å². The predicted molar refractivity (Wildman–Crippen MR) is 99.5 cm³/mol. The number of nitrogens with zero attached hydrogens (tertiary/aromatic N) is 3. The molecule has 0 saturated carbocycles. The fraction of sp³-hybridized carbons (Fsp3) is 0.118. The van der Waals surface area contributed by atoms with Crippen LogP contribution in [0.4, 0.5) is 0 Å². The lowest BCUT2D eigenvalue weighted by atomic mass is 10.1. The molecular weight excluding hydrogens is 372 g/mol. The molecule has 2 aromatic carbocycles. The molecule has 0 spiro atoms. The third-order valence-electron chi connectivity index (χ3n) is 3.50. The molecule has 0 radical (unpaired) electrons. The number of H-pyrrole nitrogens is 1. The number of benzene rings is 2. The predicted octanol–water partition coefficient (Wildman–Crippen LogP) is 4.87. The first-order valence-corrected chi connectivity index (χ1v) is 8.30. The van der Waals surface area contributed by atoms with Crippen LogP contribution in [0.15, 0.2) is 52.0 Å². The van der Waals surface area contributed by atoms with E-state index < -0.39 is 0 Å². The summed E-state index contributed by atoms with van der Waals surface area (Å²) < 4.78 is 3.03. The van der Waals surface area contributed by atoms with Crippen LogP contribution in [0.1, 0.15) is 16.7 Å². The van der Waals surface area contributed by atoms with Gasteiger partial charge in [-0.15, -0.1) is 0 Å². The smallest absolute Gasteiger partial charge is 0.216 e. The van der Waals surface area contributed by atoms with E-state index in [1.54, 1.807) is 10.9 Å². The Kier molecular flexibility index (Phi) is 4.54. The summed E-state index contributed by atoms with van der Waals surface area (Å²) >= 11 is 8.84. The van der Waals surface area contributed by atoms with Gasteiger partial charge >= 0.3 is 0 Å². The third kappa shape index (κ3) is 3.33. The maximum absolute atomic E-state index is 5.30. The number of nitrogens with one attached hydrogen (secondary N) is 1. The Morgan fingerprint density at radius 2 is 2.00 bits per heavy atom. The zero-order chi connectivity index (χ0) is 16.4. The number of aromatic nitrogens is 3. The van der Waals surface area contributed by atoms with Crippen LogP contribution >= 0.6 is 28.1 Å². The summed E-state index contributed by atoms with van der Waals surface area (Å²) in [5, 5.41) is 11.6. The fourth-order valence-corrected chi connectivity index (χ4v) is 2.95. The Hall–Kier alpha value is -2.05. The number of rotatable bonds is 3. The maximum Gasteiger partial charge on any atom is 0.216 e. The topological polar surface area (TPSA) is 46.0 Å². The molecule has 0 unspecified atom stereocenters. The molecule has 0 fully saturated rings. The molecule has 1 heterocycles. The van der Waals surface area contributed by atoms with Crippen LogP contribution in [0.2, 0.25) is 0 Å². The number of aryl methyl sites for hydroxylation is 2. The van der Waals surface area contributed by atoms with Crippen LogP contribution in [0, 0.1) is 18.6 Å². The van der Waals surface area contributed by atoms with Crippen molar-refractivity contribution in [2.24, 2.45) is 5.10 Å². The summed E-state index contributed by atoms with van der Waals surface area (Å²) in [5.74, 6) is 0.670. The van der Waals surface area contributed by atoms with Crippen LogP contribution in [-0.2, 0) is 0 Å². The van der Waals surface area contributed by atoms with Crippen LogP contribution < -0.4 is 0 Å². The van der Waals surface area contributed by atoms with Crippen molar-refractivity contribution in [3.05, 3.63) is 68.4 Å². The normalized spacial score (nSPS) is 11.3. The molecule has 0 aliphatic rings. The number of hydrogen-bond donors (Lipinski definition) is 1. The number of aromatic amines is 1. The second-order valence-electron chi connectivity index (χ2n) is 5.25. The summed E-state index contributed by atoms with van der Waals surface area (Å²) in [6.45, 7) is 4.14. The standard InChI is InChI=1S/C17H15BrN4S/c1-11-7-8-13(12(2)9-11)10-19-22-16(20-21-17(22)23)14-5-3-4-6-15(14)18/h3-10H,1-2H3,(H,21,23)/b19-10-. The molecular formula is C17H15BrN4S. The summed E-state index contributed by atoms with van der Waals surface area (Å²) in [4.78, 5) is 0. The second kappa shape index (κ2) is 6.60. The van der Waals surface area contributed by atoms with Crippen LogP contribution in [0.5, 0.6) is 0 Å². The second-order valence-corrected chi connectivity index (χ2v) is 6.49. The molecule has 3 aromatic rings. The number of hydrogen-bond acceptors (Lipinski definition) is 3. The van der Waals surface area contributed by atoms with Crippen molar-refractivity contribution in [1.29, 1.82) is 0 Å². The van der Waals surface area contributed by atoms with Crippen molar-refractivity contribution in [1.82, 2.24) is 14.9 Å². The summed E-state index contributed by atoms with van der Waals surface area (Å²) in [5.41, 5.74) is 4.38. The van der Waals surface area contributed by atoms with Gasteiger partial charge in [-0.05, 0) is 49.3 Å². The zero-order valence-corrected chi connectivity index (χ0v) is 15.1. The Bertz CT molecular complexity index is 940. The summed E-state index contributed by atoms with van der Waals surface area (Å²) in [6, 6.07) is 14.1. The minimum atomic E-state index is 0.455. The zero-order valence-electron chi connectivity index (χ0n) is 12.7. The number of halogens is 1. The van der Waals surface area contributed by atoms with E-state index in [-0.39, 0.29) is 0 Å². The Morgan fingerprint density at radius 1 is 1.22 bits per heavy atom. The van der Waals surface area contributed by atoms with E-state index in [0.717, 1.165) is 15.6 Å². The molecule has 1 N–H and O–H groups in total. The first kappa shape index (κ1) is 15.8. The molecule has 6 heteroatoms. The average molecular weight is 387 g/mol. The Balaban J connectivity index is 2.04. The van der Waals surface area contributed by atoms with Crippen LogP contribution in [0.25, 0.3) is 11.4 Å². The van der Waals surface area contributed by atoms with E-state index in [0.29, 0.717) is 10.6 Å². The largest absolute Gasteiger partial charge is 0.250 e. The lowest BCUT2D eigenvalue weighted by molar-refractivity contribution is 0.871. The van der Waals surface area contributed by atoms with Gasteiger partial charge in [0.15, 0.2) is 5.82 Å². The van der Waals surface area contributed by atoms with E-state index in [4.69, 9.17) is 12.2 Å². The van der Waals surface area contributed by atoms with Crippen molar-refractivity contribution in [3.8, 4) is 11.4 Å². The molecule has 23 heavy (non-hydrogen) atoms. The van der Waals surface area contributed by atoms with Crippen molar-refractivity contribution >= 4 is 34.4 Å². The molecule has 0 bridgehead atoms. The van der Waals surface area contributed by atoms with E-state index >= 15 is 0 Å². The summed E-state index contributed by atoms with van der Waals surface area (Å²) in [7, 11) is 0. The fourth-order valence-electron chi connectivity index (χ4n) is 2.31. The van der Waals surface area contributed by atoms with Gasteiger partial charge in [-0.3, -0.25) is 0 Å². The van der Waals surface area contributed by atoms with Crippen molar-refractivity contribution in [2.75, 3.05) is 0 Å². The minimum absolute atomic E-state index is 0.455. The highest BCUT2D eigenvalue weighted by atomic mass is 79.9. The van der Waals surface area contributed by atoms with Gasteiger partial charge in [0.25, 0.3) is 0 Å². The van der Waals surface area contributed by atoms with Gasteiger partial charge < -0.3 is 0 Å². The van der Waals surface area contributed by atoms with E-state index in [9.17, 15) is 0 Å². The van der Waals surface area contributed by atoms with Crippen molar-refractivity contribution in [3.63, 3.8) is 0 Å².